The minimum absolute atomic E-state index is 0.154. The zero-order chi connectivity index (χ0) is 11.1. The molecule has 0 amide bonds. The SMILES string of the molecule is CCN(CC)CCC(=O)C1=CCCCO1. The Morgan fingerprint density at radius 1 is 1.47 bits per heavy atom. The highest BCUT2D eigenvalue weighted by atomic mass is 16.5. The molecule has 0 aliphatic carbocycles. The fraction of sp³-hybridized carbons (Fsp3) is 0.750. The fourth-order valence-corrected chi connectivity index (χ4v) is 1.67. The summed E-state index contributed by atoms with van der Waals surface area (Å²) < 4.78 is 5.33. The molecule has 0 aromatic carbocycles. The van der Waals surface area contributed by atoms with Crippen LogP contribution >= 0.6 is 0 Å². The molecule has 1 aliphatic heterocycles. The van der Waals surface area contributed by atoms with Crippen LogP contribution in [0.1, 0.15) is 33.1 Å². The number of hydrogen-bond acceptors (Lipinski definition) is 3. The molecule has 0 N–H and O–H groups in total. The summed E-state index contributed by atoms with van der Waals surface area (Å²) in [6.07, 6.45) is 4.51. The van der Waals surface area contributed by atoms with Crippen molar-refractivity contribution in [2.75, 3.05) is 26.2 Å². The van der Waals surface area contributed by atoms with Gasteiger partial charge in [0.2, 0.25) is 0 Å². The van der Waals surface area contributed by atoms with Crippen molar-refractivity contribution in [3.05, 3.63) is 11.8 Å². The largest absolute Gasteiger partial charge is 0.490 e. The summed E-state index contributed by atoms with van der Waals surface area (Å²) in [5, 5.41) is 0. The predicted molar refractivity (Wildman–Crippen MR) is 60.7 cm³/mol. The summed E-state index contributed by atoms with van der Waals surface area (Å²) in [4.78, 5) is 14.0. The molecule has 0 saturated heterocycles. The second kappa shape index (κ2) is 6.62. The minimum Gasteiger partial charge on any atom is -0.490 e. The number of carbonyl (C=O) groups is 1. The monoisotopic (exact) mass is 211 g/mol. The van der Waals surface area contributed by atoms with Crippen molar-refractivity contribution >= 4 is 5.78 Å². The van der Waals surface area contributed by atoms with Gasteiger partial charge in [-0.05, 0) is 32.0 Å². The summed E-state index contributed by atoms with van der Waals surface area (Å²) in [6, 6.07) is 0. The number of nitrogens with zero attached hydrogens (tertiary/aromatic N) is 1. The number of ether oxygens (including phenoxy) is 1. The molecular weight excluding hydrogens is 190 g/mol. The van der Waals surface area contributed by atoms with E-state index in [2.05, 4.69) is 18.7 Å². The van der Waals surface area contributed by atoms with E-state index in [-0.39, 0.29) is 5.78 Å². The van der Waals surface area contributed by atoms with Crippen molar-refractivity contribution in [2.24, 2.45) is 0 Å². The molecule has 0 radical (unpaired) electrons. The molecule has 0 bridgehead atoms. The molecule has 86 valence electrons. The third-order valence-corrected chi connectivity index (χ3v) is 2.76. The number of allylic oxidation sites excluding steroid dienone is 2. The van der Waals surface area contributed by atoms with E-state index in [4.69, 9.17) is 4.74 Å². The quantitative estimate of drug-likeness (QED) is 0.673. The lowest BCUT2D eigenvalue weighted by atomic mass is 10.1. The van der Waals surface area contributed by atoms with E-state index in [9.17, 15) is 4.79 Å². The summed E-state index contributed by atoms with van der Waals surface area (Å²) in [5.74, 6) is 0.745. The van der Waals surface area contributed by atoms with Gasteiger partial charge in [0.25, 0.3) is 0 Å². The number of hydrogen-bond donors (Lipinski definition) is 0. The summed E-state index contributed by atoms with van der Waals surface area (Å²) in [7, 11) is 0. The lowest BCUT2D eigenvalue weighted by Gasteiger charge is -2.18. The Kier molecular flexibility index (Phi) is 5.40. The first-order valence-corrected chi connectivity index (χ1v) is 5.86. The van der Waals surface area contributed by atoms with Crippen molar-refractivity contribution in [3.63, 3.8) is 0 Å². The number of rotatable bonds is 6. The van der Waals surface area contributed by atoms with E-state index in [1.54, 1.807) is 0 Å². The van der Waals surface area contributed by atoms with Crippen LogP contribution in [0, 0.1) is 0 Å². The zero-order valence-electron chi connectivity index (χ0n) is 9.79. The highest BCUT2D eigenvalue weighted by Gasteiger charge is 2.14. The Morgan fingerprint density at radius 3 is 2.73 bits per heavy atom. The summed E-state index contributed by atoms with van der Waals surface area (Å²) in [5.41, 5.74) is 0. The van der Waals surface area contributed by atoms with Crippen molar-refractivity contribution in [1.29, 1.82) is 0 Å². The van der Waals surface area contributed by atoms with Gasteiger partial charge in [-0.25, -0.2) is 0 Å². The third kappa shape index (κ3) is 4.04. The fourth-order valence-electron chi connectivity index (χ4n) is 1.67. The maximum absolute atomic E-state index is 11.7. The molecular formula is C12H21NO2. The van der Waals surface area contributed by atoms with Gasteiger partial charge < -0.3 is 9.64 Å². The van der Waals surface area contributed by atoms with Gasteiger partial charge in [-0.15, -0.1) is 0 Å². The Morgan fingerprint density at radius 2 is 2.20 bits per heavy atom. The predicted octanol–water partition coefficient (Wildman–Crippen LogP) is 1.98. The normalized spacial score (nSPS) is 16.1. The number of ketones is 1. The molecule has 3 heteroatoms. The Balaban J connectivity index is 2.31. The van der Waals surface area contributed by atoms with Crippen LogP contribution in [0.4, 0.5) is 0 Å². The van der Waals surface area contributed by atoms with E-state index < -0.39 is 0 Å². The molecule has 1 heterocycles. The molecule has 0 spiro atoms. The van der Waals surface area contributed by atoms with E-state index in [0.717, 1.165) is 32.5 Å². The van der Waals surface area contributed by atoms with Crippen molar-refractivity contribution in [3.8, 4) is 0 Å². The topological polar surface area (TPSA) is 29.5 Å². The Labute approximate surface area is 92.1 Å². The summed E-state index contributed by atoms with van der Waals surface area (Å²) >= 11 is 0. The number of Topliss-reactive ketones (excluding diaryl/α,β-unsaturated/α-hetero) is 1. The van der Waals surface area contributed by atoms with Crippen molar-refractivity contribution in [1.82, 2.24) is 4.90 Å². The average molecular weight is 211 g/mol. The third-order valence-electron chi connectivity index (χ3n) is 2.76. The van der Waals surface area contributed by atoms with Gasteiger partial charge in [-0.1, -0.05) is 13.8 Å². The van der Waals surface area contributed by atoms with E-state index in [1.807, 2.05) is 6.08 Å². The van der Waals surface area contributed by atoms with Crippen LogP contribution < -0.4 is 0 Å². The highest BCUT2D eigenvalue weighted by Crippen LogP contribution is 2.12. The molecule has 0 aromatic heterocycles. The van der Waals surface area contributed by atoms with Crippen LogP contribution in [0.15, 0.2) is 11.8 Å². The maximum atomic E-state index is 11.7. The van der Waals surface area contributed by atoms with Gasteiger partial charge in [0.15, 0.2) is 11.5 Å². The van der Waals surface area contributed by atoms with Gasteiger partial charge in [0.1, 0.15) is 0 Å². The van der Waals surface area contributed by atoms with E-state index in [0.29, 0.717) is 18.8 Å². The second-order valence-corrected chi connectivity index (χ2v) is 3.76. The molecule has 1 aliphatic rings. The van der Waals surface area contributed by atoms with Gasteiger partial charge in [0.05, 0.1) is 6.61 Å². The van der Waals surface area contributed by atoms with Crippen LogP contribution in [-0.2, 0) is 9.53 Å². The maximum Gasteiger partial charge on any atom is 0.198 e. The first-order valence-electron chi connectivity index (χ1n) is 5.86. The average Bonchev–Trinajstić information content (AvgIpc) is 2.31. The van der Waals surface area contributed by atoms with Crippen molar-refractivity contribution < 1.29 is 9.53 Å². The Bertz CT molecular complexity index is 232. The molecule has 1 rings (SSSR count). The van der Waals surface area contributed by atoms with E-state index >= 15 is 0 Å². The standard InChI is InChI=1S/C12H21NO2/c1-3-13(4-2)9-8-11(14)12-7-5-6-10-15-12/h7H,3-6,8-10H2,1-2H3. The first kappa shape index (κ1) is 12.2. The highest BCUT2D eigenvalue weighted by molar-refractivity contribution is 5.93. The van der Waals surface area contributed by atoms with Gasteiger partial charge in [0, 0.05) is 13.0 Å². The van der Waals surface area contributed by atoms with Crippen LogP contribution in [0.2, 0.25) is 0 Å². The van der Waals surface area contributed by atoms with Crippen LogP contribution in [0.25, 0.3) is 0 Å². The van der Waals surface area contributed by atoms with E-state index in [1.165, 1.54) is 0 Å². The van der Waals surface area contributed by atoms with Crippen LogP contribution in [0.5, 0.6) is 0 Å². The molecule has 0 unspecified atom stereocenters. The van der Waals surface area contributed by atoms with Gasteiger partial charge >= 0.3 is 0 Å². The van der Waals surface area contributed by atoms with Crippen LogP contribution in [0.3, 0.4) is 0 Å². The second-order valence-electron chi connectivity index (χ2n) is 3.76. The van der Waals surface area contributed by atoms with Crippen molar-refractivity contribution in [2.45, 2.75) is 33.1 Å². The summed E-state index contributed by atoms with van der Waals surface area (Å²) in [6.45, 7) is 7.78. The lowest BCUT2D eigenvalue weighted by Crippen LogP contribution is -2.26. The molecule has 0 aromatic rings. The smallest absolute Gasteiger partial charge is 0.198 e. The van der Waals surface area contributed by atoms with Gasteiger partial charge in [-0.3, -0.25) is 4.79 Å². The molecule has 3 nitrogen and oxygen atoms in total. The zero-order valence-corrected chi connectivity index (χ0v) is 9.79. The molecule has 0 atom stereocenters. The molecule has 15 heavy (non-hydrogen) atoms. The van der Waals surface area contributed by atoms with Crippen LogP contribution in [-0.4, -0.2) is 36.9 Å². The Hall–Kier alpha value is -0.830. The number of carbonyl (C=O) groups excluding carboxylic acids is 1. The minimum atomic E-state index is 0.154. The lowest BCUT2D eigenvalue weighted by molar-refractivity contribution is -0.119. The molecule has 0 fully saturated rings. The molecule has 0 saturated carbocycles. The van der Waals surface area contributed by atoms with Gasteiger partial charge in [-0.2, -0.15) is 0 Å². The first-order chi connectivity index (χ1) is 7.27.